The second-order valence-corrected chi connectivity index (χ2v) is 15.0. The van der Waals surface area contributed by atoms with Crippen LogP contribution in [0.25, 0.3) is 88.7 Å². The van der Waals surface area contributed by atoms with E-state index in [1.165, 1.54) is 4.70 Å². The zero-order valence-electron chi connectivity index (χ0n) is 30.5. The maximum atomic E-state index is 6.64. The molecule has 0 aliphatic heterocycles. The van der Waals surface area contributed by atoms with Crippen molar-refractivity contribution in [2.45, 2.75) is 19.3 Å². The summed E-state index contributed by atoms with van der Waals surface area (Å²) >= 11 is 1.76. The van der Waals surface area contributed by atoms with Crippen LogP contribution in [0.1, 0.15) is 30.8 Å². The molecule has 268 valence electrons. The number of nitrogens with zero attached hydrogens (tertiary/aromatic N) is 5. The van der Waals surface area contributed by atoms with Gasteiger partial charge in [0.15, 0.2) is 23.3 Å². The molecule has 0 N–H and O–H groups in total. The van der Waals surface area contributed by atoms with Crippen molar-refractivity contribution < 1.29 is 4.42 Å². The zero-order chi connectivity index (χ0) is 37.6. The van der Waals surface area contributed by atoms with Crippen LogP contribution in [0.3, 0.4) is 0 Å². The lowest BCUT2D eigenvalue weighted by molar-refractivity contribution is 0.566. The van der Waals surface area contributed by atoms with Crippen LogP contribution in [0.15, 0.2) is 157 Å². The van der Waals surface area contributed by atoms with E-state index in [1.807, 2.05) is 84.9 Å². The van der Waals surface area contributed by atoms with Crippen molar-refractivity contribution in [1.29, 1.82) is 0 Å². The summed E-state index contributed by atoms with van der Waals surface area (Å²) in [6.07, 6.45) is 18.0. The molecule has 2 aliphatic rings. The first-order valence-corrected chi connectivity index (χ1v) is 19.6. The number of allylic oxidation sites excluding steroid dienone is 9. The van der Waals surface area contributed by atoms with Gasteiger partial charge in [-0.2, -0.15) is 0 Å². The molecular formula is C49H35N5OS. The van der Waals surface area contributed by atoms with E-state index in [2.05, 4.69) is 73.9 Å². The van der Waals surface area contributed by atoms with E-state index < -0.39 is 0 Å². The summed E-state index contributed by atoms with van der Waals surface area (Å²) in [7, 11) is 0. The fourth-order valence-electron chi connectivity index (χ4n) is 7.70. The van der Waals surface area contributed by atoms with E-state index in [9.17, 15) is 0 Å². The summed E-state index contributed by atoms with van der Waals surface area (Å²) in [5.74, 6) is 2.51. The van der Waals surface area contributed by atoms with Crippen molar-refractivity contribution in [2.24, 2.45) is 5.92 Å². The molecule has 4 aromatic heterocycles. The van der Waals surface area contributed by atoms with E-state index in [0.29, 0.717) is 28.5 Å². The molecule has 0 saturated carbocycles. The molecule has 0 saturated heterocycles. The molecule has 1 unspecified atom stereocenters. The van der Waals surface area contributed by atoms with Gasteiger partial charge in [-0.15, -0.1) is 11.3 Å². The lowest BCUT2D eigenvalue weighted by Crippen LogP contribution is -2.24. The first-order chi connectivity index (χ1) is 27.6. The van der Waals surface area contributed by atoms with Crippen LogP contribution < -0.4 is 10.6 Å². The van der Waals surface area contributed by atoms with E-state index in [1.54, 1.807) is 11.3 Å². The second-order valence-electron chi connectivity index (χ2n) is 14.0. The number of fused-ring (bicyclic) bond motifs is 4. The molecule has 4 aromatic carbocycles. The summed E-state index contributed by atoms with van der Waals surface area (Å²) < 4.78 is 8.99. The summed E-state index contributed by atoms with van der Waals surface area (Å²) in [6.45, 7) is 8.83. The summed E-state index contributed by atoms with van der Waals surface area (Å²) in [6, 6.07) is 34.5. The molecule has 2 aliphatic carbocycles. The molecule has 7 heteroatoms. The quantitative estimate of drug-likeness (QED) is 0.162. The fourth-order valence-corrected chi connectivity index (χ4v) is 8.85. The second kappa shape index (κ2) is 14.1. The summed E-state index contributed by atoms with van der Waals surface area (Å²) in [5.41, 5.74) is 9.21. The van der Waals surface area contributed by atoms with Crippen LogP contribution in [-0.2, 0) is 0 Å². The molecular weight excluding hydrogens is 707 g/mol. The Kier molecular flexibility index (Phi) is 8.49. The van der Waals surface area contributed by atoms with Crippen molar-refractivity contribution in [3.63, 3.8) is 0 Å². The lowest BCUT2D eigenvalue weighted by Gasteiger charge is -2.17. The van der Waals surface area contributed by atoms with Crippen LogP contribution in [0.2, 0.25) is 0 Å². The van der Waals surface area contributed by atoms with Gasteiger partial charge in [0.2, 0.25) is 0 Å². The van der Waals surface area contributed by atoms with Crippen LogP contribution in [0, 0.1) is 5.92 Å². The fraction of sp³-hybridized carbons (Fsp3) is 0.0816. The summed E-state index contributed by atoms with van der Waals surface area (Å²) in [4.78, 5) is 25.3. The van der Waals surface area contributed by atoms with Gasteiger partial charge in [0.05, 0.1) is 15.9 Å². The molecule has 56 heavy (non-hydrogen) atoms. The van der Waals surface area contributed by atoms with Gasteiger partial charge in [0.25, 0.3) is 0 Å². The largest absolute Gasteiger partial charge is 0.456 e. The molecule has 8 aromatic rings. The number of rotatable bonds is 7. The lowest BCUT2D eigenvalue weighted by atomic mass is 9.89. The average molecular weight is 742 g/mol. The predicted molar refractivity (Wildman–Crippen MR) is 231 cm³/mol. The highest BCUT2D eigenvalue weighted by atomic mass is 32.1. The smallest absolute Gasteiger partial charge is 0.164 e. The Balaban J connectivity index is 1.05. The highest BCUT2D eigenvalue weighted by molar-refractivity contribution is 7.26. The van der Waals surface area contributed by atoms with Crippen molar-refractivity contribution in [2.75, 3.05) is 0 Å². The summed E-state index contributed by atoms with van der Waals surface area (Å²) in [5, 5.41) is 2.80. The Morgan fingerprint density at radius 2 is 1.43 bits per heavy atom. The Labute approximate surface area is 327 Å². The van der Waals surface area contributed by atoms with Crippen molar-refractivity contribution in [1.82, 2.24) is 24.9 Å². The maximum absolute atomic E-state index is 6.64. The molecule has 4 heterocycles. The van der Waals surface area contributed by atoms with Crippen LogP contribution in [-0.4, -0.2) is 24.9 Å². The molecule has 0 bridgehead atoms. The van der Waals surface area contributed by atoms with Gasteiger partial charge in [0.1, 0.15) is 11.0 Å². The van der Waals surface area contributed by atoms with Gasteiger partial charge in [-0.1, -0.05) is 147 Å². The number of hydrogen-bond acceptors (Lipinski definition) is 7. The van der Waals surface area contributed by atoms with Crippen LogP contribution >= 0.6 is 11.3 Å². The van der Waals surface area contributed by atoms with Gasteiger partial charge in [0, 0.05) is 54.4 Å². The van der Waals surface area contributed by atoms with Gasteiger partial charge in [-0.05, 0) is 37.0 Å². The van der Waals surface area contributed by atoms with Gasteiger partial charge in [-0.3, -0.25) is 0 Å². The maximum Gasteiger partial charge on any atom is 0.164 e. The van der Waals surface area contributed by atoms with Crippen molar-refractivity contribution >= 4 is 65.9 Å². The van der Waals surface area contributed by atoms with Gasteiger partial charge >= 0.3 is 0 Å². The van der Waals surface area contributed by atoms with Gasteiger partial charge < -0.3 is 4.42 Å². The van der Waals surface area contributed by atoms with E-state index in [-0.39, 0.29) is 5.92 Å². The third-order valence-electron chi connectivity index (χ3n) is 10.5. The normalized spacial score (nSPS) is 16.0. The van der Waals surface area contributed by atoms with E-state index >= 15 is 0 Å². The monoisotopic (exact) mass is 741 g/mol. The Hall–Kier alpha value is -6.83. The third kappa shape index (κ3) is 5.93. The molecule has 6 nitrogen and oxygen atoms in total. The number of hydrogen-bond donors (Lipinski definition) is 0. The number of benzene rings is 4. The average Bonchev–Trinajstić information content (AvgIpc) is 3.82. The third-order valence-corrected chi connectivity index (χ3v) is 11.6. The number of aromatic nitrogens is 5. The first-order valence-electron chi connectivity index (χ1n) is 18.8. The molecule has 0 amide bonds. The Morgan fingerprint density at radius 3 is 2.12 bits per heavy atom. The topological polar surface area (TPSA) is 77.6 Å². The van der Waals surface area contributed by atoms with E-state index in [0.717, 1.165) is 90.4 Å². The molecule has 1 atom stereocenters. The highest BCUT2D eigenvalue weighted by Gasteiger charge is 2.22. The number of thiophene rings is 1. The zero-order valence-corrected chi connectivity index (χ0v) is 31.3. The minimum Gasteiger partial charge on any atom is -0.456 e. The molecule has 0 radical (unpaired) electrons. The predicted octanol–water partition coefficient (Wildman–Crippen LogP) is 10.9. The Morgan fingerprint density at radius 1 is 0.696 bits per heavy atom. The van der Waals surface area contributed by atoms with Crippen molar-refractivity contribution in [3.05, 3.63) is 174 Å². The highest BCUT2D eigenvalue weighted by Crippen LogP contribution is 2.39. The molecule has 0 spiro atoms. The van der Waals surface area contributed by atoms with Crippen LogP contribution in [0.4, 0.5) is 0 Å². The molecule has 10 rings (SSSR count). The standard InChI is InChI=1S/C49H35N5OS/c1-3-36(31-26-28-35(29-27-31)46-50-42(32-16-7-4-8-17-32)45-43(51-46)37-22-13-14-25-40(37)56-45)44-30(2)41-38(23-15-24-39(41)55-44)49-53-47(33-18-9-5-10-19-33)52-48(54-49)34-20-11-6-12-21-34/h3,5-7,9-26,28-29,31H,1-2,4,8,27H2/b44-36-. The first kappa shape index (κ1) is 33.7. The van der Waals surface area contributed by atoms with Crippen molar-refractivity contribution in [3.8, 4) is 34.2 Å². The SMILES string of the molecule is C=C/C(=c1/oc2cccc(-c3nc(-c4ccccc4)nc(-c4ccccc4)n3)c2c1=C)C1C=CC(c2nc(C3=CCCC=C3)c3sc4ccccc4c3n2)=CC1. The minimum absolute atomic E-state index is 0.0152. The minimum atomic E-state index is 0.0152. The van der Waals surface area contributed by atoms with Crippen LogP contribution in [0.5, 0.6) is 0 Å². The number of furan rings is 1. The molecule has 0 fully saturated rings. The van der Waals surface area contributed by atoms with Gasteiger partial charge in [-0.25, -0.2) is 24.9 Å². The van der Waals surface area contributed by atoms with E-state index in [4.69, 9.17) is 29.3 Å². The Bertz CT molecular complexity index is 3040.